The average molecular weight is 476 g/mol. The number of methoxy groups -OCH3 is 1. The molecular weight excluding hydrogens is 453 g/mol. The number of sulfonamides is 1. The number of hydrogen-bond acceptors (Lipinski definition) is 6. The van der Waals surface area contributed by atoms with Crippen LogP contribution < -0.4 is 10.1 Å². The van der Waals surface area contributed by atoms with E-state index in [1.54, 1.807) is 37.4 Å². The maximum Gasteiger partial charge on any atom is 0.490 e. The van der Waals surface area contributed by atoms with Gasteiger partial charge in [-0.1, -0.05) is 18.2 Å². The van der Waals surface area contributed by atoms with Crippen molar-refractivity contribution >= 4 is 16.0 Å². The molecule has 0 radical (unpaired) electrons. The molecule has 0 spiro atoms. The summed E-state index contributed by atoms with van der Waals surface area (Å²) < 4.78 is 63.8. The van der Waals surface area contributed by atoms with Gasteiger partial charge in [-0.25, -0.2) is 13.2 Å². The number of aliphatic hydroxyl groups excluding tert-OH is 1. The van der Waals surface area contributed by atoms with Gasteiger partial charge in [0.25, 0.3) is 0 Å². The number of piperazine rings is 1. The highest BCUT2D eigenvalue weighted by Gasteiger charge is 2.38. The third-order valence-electron chi connectivity index (χ3n) is 4.60. The molecule has 2 aromatic carbocycles. The summed E-state index contributed by atoms with van der Waals surface area (Å²) in [5.41, 5.74) is 2.44. The molecule has 0 bridgehead atoms. The Morgan fingerprint density at radius 3 is 2.16 bits per heavy atom. The zero-order chi connectivity index (χ0) is 23.9. The van der Waals surface area contributed by atoms with Crippen LogP contribution in [0.5, 0.6) is 5.75 Å². The van der Waals surface area contributed by atoms with Crippen LogP contribution in [-0.4, -0.2) is 68.4 Å². The molecule has 3 rings (SSSR count). The highest BCUT2D eigenvalue weighted by molar-refractivity contribution is 7.89. The van der Waals surface area contributed by atoms with Crippen LogP contribution in [-0.2, 0) is 21.4 Å². The molecule has 1 saturated heterocycles. The number of ether oxygens (including phenoxy) is 1. The highest BCUT2D eigenvalue weighted by Crippen LogP contribution is 2.29. The van der Waals surface area contributed by atoms with E-state index >= 15 is 0 Å². The van der Waals surface area contributed by atoms with Gasteiger partial charge in [0.05, 0.1) is 18.6 Å². The van der Waals surface area contributed by atoms with Crippen LogP contribution in [0.2, 0.25) is 0 Å². The molecule has 1 aliphatic rings. The number of rotatable bonds is 5. The average Bonchev–Trinajstić information content (AvgIpc) is 2.79. The van der Waals surface area contributed by atoms with Gasteiger partial charge in [-0.05, 0) is 41.0 Å². The van der Waals surface area contributed by atoms with Crippen molar-refractivity contribution in [3.05, 3.63) is 48.0 Å². The SMILES string of the molecule is COc1ccc(-c2ccc(S(=O)(=O)N3CCNCC3)cc2)c(CO)c1.O=C(O)C(F)(F)F. The number of nitrogens with one attached hydrogen (secondary N) is 1. The lowest BCUT2D eigenvalue weighted by Crippen LogP contribution is -2.46. The van der Waals surface area contributed by atoms with E-state index in [0.29, 0.717) is 31.9 Å². The monoisotopic (exact) mass is 476 g/mol. The molecule has 176 valence electrons. The minimum absolute atomic E-state index is 0.118. The number of carboxylic acid groups (broad SMARTS) is 1. The fourth-order valence-electron chi connectivity index (χ4n) is 2.95. The number of hydrogen-bond donors (Lipinski definition) is 3. The lowest BCUT2D eigenvalue weighted by molar-refractivity contribution is -0.192. The van der Waals surface area contributed by atoms with Crippen molar-refractivity contribution in [1.29, 1.82) is 0 Å². The molecule has 8 nitrogen and oxygen atoms in total. The molecule has 0 unspecified atom stereocenters. The molecule has 0 atom stereocenters. The molecule has 0 aliphatic carbocycles. The van der Waals surface area contributed by atoms with Gasteiger partial charge in [-0.2, -0.15) is 17.5 Å². The van der Waals surface area contributed by atoms with Crippen molar-refractivity contribution in [3.63, 3.8) is 0 Å². The van der Waals surface area contributed by atoms with Gasteiger partial charge in [0, 0.05) is 26.2 Å². The van der Waals surface area contributed by atoms with Crippen molar-refractivity contribution < 1.29 is 41.3 Å². The summed E-state index contributed by atoms with van der Waals surface area (Å²) in [7, 11) is -1.89. The van der Waals surface area contributed by atoms with E-state index in [1.165, 1.54) is 4.31 Å². The van der Waals surface area contributed by atoms with Crippen LogP contribution in [0.25, 0.3) is 11.1 Å². The lowest BCUT2D eigenvalue weighted by Gasteiger charge is -2.26. The van der Waals surface area contributed by atoms with Crippen molar-refractivity contribution in [1.82, 2.24) is 9.62 Å². The van der Waals surface area contributed by atoms with E-state index in [0.717, 1.165) is 16.7 Å². The van der Waals surface area contributed by atoms with Gasteiger partial charge in [0.2, 0.25) is 10.0 Å². The van der Waals surface area contributed by atoms with Crippen LogP contribution in [0, 0.1) is 0 Å². The van der Waals surface area contributed by atoms with E-state index in [-0.39, 0.29) is 11.5 Å². The first-order valence-corrected chi connectivity index (χ1v) is 10.8. The van der Waals surface area contributed by atoms with Crippen molar-refractivity contribution in [2.24, 2.45) is 0 Å². The van der Waals surface area contributed by atoms with Gasteiger partial charge in [0.1, 0.15) is 5.75 Å². The molecule has 0 amide bonds. The maximum absolute atomic E-state index is 12.7. The summed E-state index contributed by atoms with van der Waals surface area (Å²) in [6, 6.07) is 12.3. The highest BCUT2D eigenvalue weighted by atomic mass is 32.2. The van der Waals surface area contributed by atoms with E-state index in [1.807, 2.05) is 12.1 Å². The smallest absolute Gasteiger partial charge is 0.490 e. The summed E-state index contributed by atoms with van der Waals surface area (Å²) in [6.45, 7) is 2.19. The molecule has 12 heteroatoms. The number of halogens is 3. The second-order valence-corrected chi connectivity index (χ2v) is 8.60. The first kappa shape index (κ1) is 25.6. The topological polar surface area (TPSA) is 116 Å². The second kappa shape index (κ2) is 10.8. The van der Waals surface area contributed by atoms with Gasteiger partial charge in [-0.15, -0.1) is 0 Å². The number of carbonyl (C=O) groups is 1. The fourth-order valence-corrected chi connectivity index (χ4v) is 4.39. The minimum Gasteiger partial charge on any atom is -0.497 e. The van der Waals surface area contributed by atoms with Crippen molar-refractivity contribution in [2.45, 2.75) is 17.7 Å². The third-order valence-corrected chi connectivity index (χ3v) is 6.52. The number of alkyl halides is 3. The zero-order valence-corrected chi connectivity index (χ0v) is 17.9. The van der Waals surface area contributed by atoms with Crippen LogP contribution in [0.1, 0.15) is 5.56 Å². The van der Waals surface area contributed by atoms with E-state index in [4.69, 9.17) is 14.6 Å². The van der Waals surface area contributed by atoms with E-state index < -0.39 is 22.2 Å². The molecule has 1 heterocycles. The third kappa shape index (κ3) is 6.42. The van der Waals surface area contributed by atoms with Crippen LogP contribution >= 0.6 is 0 Å². The summed E-state index contributed by atoms with van der Waals surface area (Å²) >= 11 is 0. The Labute approximate surface area is 183 Å². The molecule has 0 aromatic heterocycles. The number of aliphatic hydroxyl groups is 1. The Morgan fingerprint density at radius 2 is 1.69 bits per heavy atom. The Morgan fingerprint density at radius 1 is 1.12 bits per heavy atom. The van der Waals surface area contributed by atoms with Crippen LogP contribution in [0.3, 0.4) is 0 Å². The quantitative estimate of drug-likeness (QED) is 0.605. The summed E-state index contributed by atoms with van der Waals surface area (Å²) in [6.07, 6.45) is -5.08. The summed E-state index contributed by atoms with van der Waals surface area (Å²) in [4.78, 5) is 9.18. The predicted molar refractivity (Wildman–Crippen MR) is 110 cm³/mol. The second-order valence-electron chi connectivity index (χ2n) is 6.66. The molecule has 32 heavy (non-hydrogen) atoms. The molecule has 1 fully saturated rings. The van der Waals surface area contributed by atoms with Crippen molar-refractivity contribution in [3.8, 4) is 16.9 Å². The predicted octanol–water partition coefficient (Wildman–Crippen LogP) is 2.08. The standard InChI is InChI=1S/C18H22N2O4S.C2HF3O2/c1-24-16-4-7-18(15(12-16)13-21)14-2-5-17(6-3-14)25(22,23)20-10-8-19-9-11-20;3-2(4,5)1(6)7/h2-7,12,19,21H,8-11,13H2,1H3;(H,6,7). The number of nitrogens with zero attached hydrogens (tertiary/aromatic N) is 1. The summed E-state index contributed by atoms with van der Waals surface area (Å²) in [5.74, 6) is -2.08. The molecule has 0 saturated carbocycles. The Hall–Kier alpha value is -2.67. The number of carboxylic acids is 1. The molecular formula is C20H23F3N2O6S. The van der Waals surface area contributed by atoms with Gasteiger partial charge < -0.3 is 20.3 Å². The van der Waals surface area contributed by atoms with Crippen molar-refractivity contribution in [2.75, 3.05) is 33.3 Å². The van der Waals surface area contributed by atoms with Gasteiger partial charge in [-0.3, -0.25) is 0 Å². The minimum atomic E-state index is -5.08. The van der Waals surface area contributed by atoms with E-state index in [9.17, 15) is 26.7 Å². The zero-order valence-electron chi connectivity index (χ0n) is 17.1. The van der Waals surface area contributed by atoms with Crippen LogP contribution in [0.15, 0.2) is 47.4 Å². The first-order chi connectivity index (χ1) is 15.0. The molecule has 3 N–H and O–H groups in total. The Bertz CT molecular complexity index is 1020. The summed E-state index contributed by atoms with van der Waals surface area (Å²) in [5, 5.41) is 19.9. The molecule has 1 aliphatic heterocycles. The van der Waals surface area contributed by atoms with Crippen LogP contribution in [0.4, 0.5) is 13.2 Å². The number of benzene rings is 2. The maximum atomic E-state index is 12.7. The normalized spacial score (nSPS) is 14.9. The Balaban J connectivity index is 0.000000451. The van der Waals surface area contributed by atoms with Gasteiger partial charge >= 0.3 is 12.1 Å². The first-order valence-electron chi connectivity index (χ1n) is 9.40. The Kier molecular flexibility index (Phi) is 8.61. The number of aliphatic carboxylic acids is 1. The lowest BCUT2D eigenvalue weighted by atomic mass is 10.00. The van der Waals surface area contributed by atoms with E-state index in [2.05, 4.69) is 5.32 Å². The van der Waals surface area contributed by atoms with Gasteiger partial charge in [0.15, 0.2) is 0 Å². The largest absolute Gasteiger partial charge is 0.497 e. The molecule has 2 aromatic rings. The fraction of sp³-hybridized carbons (Fsp3) is 0.350.